The Morgan fingerprint density at radius 1 is 1.03 bits per heavy atom. The van der Waals surface area contributed by atoms with Gasteiger partial charge in [0.2, 0.25) is 5.91 Å². The monoisotopic (exact) mass is 481 g/mol. The van der Waals surface area contributed by atoms with Gasteiger partial charge in [-0.3, -0.25) is 4.79 Å². The van der Waals surface area contributed by atoms with Crippen LogP contribution in [0.3, 0.4) is 0 Å². The predicted octanol–water partition coefficient (Wildman–Crippen LogP) is 4.66. The van der Waals surface area contributed by atoms with Crippen molar-refractivity contribution in [1.82, 2.24) is 14.7 Å². The number of rotatable bonds is 4. The number of aryl methyl sites for hydroxylation is 1. The highest BCUT2D eigenvalue weighted by atomic mass is 19.4. The summed E-state index contributed by atoms with van der Waals surface area (Å²) in [5, 5.41) is 13.4. The molecule has 1 amide bonds. The molecule has 182 valence electrons. The standard InChI is InChI=1S/C26H26F3N5O/c1-18-24(19(2)34(31-18)23-6-3-5-21(15-23)26(27,28)29)16-25(35)33-12-4-11-32(13-14-33)22-9-7-20(17-30)8-10-22/h3,5-10,15H,4,11-14,16H2,1-2H3. The van der Waals surface area contributed by atoms with Gasteiger partial charge in [0.1, 0.15) is 0 Å². The van der Waals surface area contributed by atoms with E-state index in [1.54, 1.807) is 32.0 Å². The van der Waals surface area contributed by atoms with Crippen LogP contribution in [-0.2, 0) is 17.4 Å². The molecule has 3 aromatic rings. The van der Waals surface area contributed by atoms with Crippen molar-refractivity contribution in [1.29, 1.82) is 5.26 Å². The number of hydrogen-bond acceptors (Lipinski definition) is 4. The third kappa shape index (κ3) is 5.32. The average molecular weight is 482 g/mol. The number of carbonyl (C=O) groups excluding carboxylic acids is 1. The summed E-state index contributed by atoms with van der Waals surface area (Å²) in [4.78, 5) is 17.2. The Kier molecular flexibility index (Phi) is 6.83. The van der Waals surface area contributed by atoms with Crippen LogP contribution < -0.4 is 4.90 Å². The van der Waals surface area contributed by atoms with Gasteiger partial charge in [-0.15, -0.1) is 0 Å². The van der Waals surface area contributed by atoms with Crippen molar-refractivity contribution in [2.45, 2.75) is 32.9 Å². The van der Waals surface area contributed by atoms with E-state index in [-0.39, 0.29) is 12.3 Å². The van der Waals surface area contributed by atoms with E-state index in [9.17, 15) is 18.0 Å². The van der Waals surface area contributed by atoms with Crippen LogP contribution in [0.4, 0.5) is 18.9 Å². The zero-order valence-electron chi connectivity index (χ0n) is 19.6. The van der Waals surface area contributed by atoms with Gasteiger partial charge in [-0.1, -0.05) is 6.07 Å². The second-order valence-corrected chi connectivity index (χ2v) is 8.67. The fourth-order valence-corrected chi connectivity index (χ4v) is 4.43. The van der Waals surface area contributed by atoms with Gasteiger partial charge in [0.15, 0.2) is 0 Å². The SMILES string of the molecule is Cc1nn(-c2cccc(C(F)(F)F)c2)c(C)c1CC(=O)N1CCCN(c2ccc(C#N)cc2)CC1. The number of hydrogen-bond donors (Lipinski definition) is 0. The van der Waals surface area contributed by atoms with E-state index in [4.69, 9.17) is 5.26 Å². The van der Waals surface area contributed by atoms with E-state index in [0.29, 0.717) is 42.3 Å². The van der Waals surface area contributed by atoms with Crippen molar-refractivity contribution >= 4 is 11.6 Å². The van der Waals surface area contributed by atoms with Crippen LogP contribution in [0.5, 0.6) is 0 Å². The maximum atomic E-state index is 13.2. The first-order valence-electron chi connectivity index (χ1n) is 11.4. The summed E-state index contributed by atoms with van der Waals surface area (Å²) < 4.78 is 40.9. The lowest BCUT2D eigenvalue weighted by Gasteiger charge is -2.24. The summed E-state index contributed by atoms with van der Waals surface area (Å²) in [5.74, 6) is -0.0264. The Balaban J connectivity index is 1.47. The van der Waals surface area contributed by atoms with Gasteiger partial charge < -0.3 is 9.80 Å². The Morgan fingerprint density at radius 2 is 1.77 bits per heavy atom. The smallest absolute Gasteiger partial charge is 0.370 e. The highest BCUT2D eigenvalue weighted by molar-refractivity contribution is 5.79. The summed E-state index contributed by atoms with van der Waals surface area (Å²) in [5.41, 5.74) is 3.22. The molecule has 0 unspecified atom stereocenters. The number of halogens is 3. The van der Waals surface area contributed by atoms with Crippen molar-refractivity contribution in [3.8, 4) is 11.8 Å². The molecule has 2 aromatic carbocycles. The first kappa shape index (κ1) is 24.3. The molecule has 6 nitrogen and oxygen atoms in total. The topological polar surface area (TPSA) is 65.2 Å². The molecule has 1 saturated heterocycles. The lowest BCUT2D eigenvalue weighted by molar-refractivity contribution is -0.137. The molecule has 1 aliphatic rings. The first-order chi connectivity index (χ1) is 16.7. The predicted molar refractivity (Wildman–Crippen MR) is 126 cm³/mol. The molecule has 9 heteroatoms. The maximum absolute atomic E-state index is 13.2. The maximum Gasteiger partial charge on any atom is 0.416 e. The molecule has 4 rings (SSSR count). The zero-order chi connectivity index (χ0) is 25.2. The highest BCUT2D eigenvalue weighted by Gasteiger charge is 2.31. The van der Waals surface area contributed by atoms with Crippen LogP contribution >= 0.6 is 0 Å². The minimum absolute atomic E-state index is 0.0264. The van der Waals surface area contributed by atoms with Crippen LogP contribution in [0.2, 0.25) is 0 Å². The molecule has 0 atom stereocenters. The average Bonchev–Trinajstić information content (AvgIpc) is 3.01. The zero-order valence-corrected chi connectivity index (χ0v) is 19.6. The van der Waals surface area contributed by atoms with Gasteiger partial charge in [0.05, 0.1) is 35.0 Å². The number of amides is 1. The Bertz CT molecular complexity index is 1260. The van der Waals surface area contributed by atoms with Crippen LogP contribution in [0, 0.1) is 25.2 Å². The summed E-state index contributed by atoms with van der Waals surface area (Å²) in [6.07, 6.45) is -3.48. The molecule has 0 aliphatic carbocycles. The third-order valence-electron chi connectivity index (χ3n) is 6.40. The number of anilines is 1. The number of nitriles is 1. The summed E-state index contributed by atoms with van der Waals surface area (Å²) >= 11 is 0. The number of benzene rings is 2. The van der Waals surface area contributed by atoms with E-state index in [1.165, 1.54) is 10.7 Å². The molecular weight excluding hydrogens is 455 g/mol. The van der Waals surface area contributed by atoms with Gasteiger partial charge in [0.25, 0.3) is 0 Å². The second-order valence-electron chi connectivity index (χ2n) is 8.67. The summed E-state index contributed by atoms with van der Waals surface area (Å²) in [6, 6.07) is 14.6. The minimum atomic E-state index is -4.44. The fourth-order valence-electron chi connectivity index (χ4n) is 4.43. The third-order valence-corrected chi connectivity index (χ3v) is 6.40. The van der Waals surface area contributed by atoms with Crippen molar-refractivity contribution < 1.29 is 18.0 Å². The fraction of sp³-hybridized carbons (Fsp3) is 0.346. The van der Waals surface area contributed by atoms with E-state index in [2.05, 4.69) is 16.1 Å². The van der Waals surface area contributed by atoms with Crippen LogP contribution in [0.15, 0.2) is 48.5 Å². The highest BCUT2D eigenvalue weighted by Crippen LogP contribution is 2.31. The van der Waals surface area contributed by atoms with Gasteiger partial charge >= 0.3 is 6.18 Å². The largest absolute Gasteiger partial charge is 0.416 e. The van der Waals surface area contributed by atoms with Crippen molar-refractivity contribution in [2.75, 3.05) is 31.1 Å². The lowest BCUT2D eigenvalue weighted by atomic mass is 10.1. The summed E-state index contributed by atoms with van der Waals surface area (Å²) in [7, 11) is 0. The first-order valence-corrected chi connectivity index (χ1v) is 11.4. The number of alkyl halides is 3. The molecule has 1 fully saturated rings. The number of nitrogens with zero attached hydrogens (tertiary/aromatic N) is 5. The van der Waals surface area contributed by atoms with E-state index >= 15 is 0 Å². The summed E-state index contributed by atoms with van der Waals surface area (Å²) in [6.45, 7) is 6.23. The van der Waals surface area contributed by atoms with Crippen molar-refractivity contribution in [2.24, 2.45) is 0 Å². The Hall–Kier alpha value is -3.80. The van der Waals surface area contributed by atoms with Crippen molar-refractivity contribution in [3.63, 3.8) is 0 Å². The lowest BCUT2D eigenvalue weighted by Crippen LogP contribution is -2.36. The van der Waals surface area contributed by atoms with Crippen molar-refractivity contribution in [3.05, 3.63) is 76.6 Å². The molecular formula is C26H26F3N5O. The van der Waals surface area contributed by atoms with E-state index in [0.717, 1.165) is 36.3 Å². The van der Waals surface area contributed by atoms with Gasteiger partial charge in [-0.05, 0) is 62.7 Å². The molecule has 0 bridgehead atoms. The molecule has 0 spiro atoms. The molecule has 1 aromatic heterocycles. The second kappa shape index (κ2) is 9.82. The minimum Gasteiger partial charge on any atom is -0.370 e. The normalized spacial score (nSPS) is 14.5. The van der Waals surface area contributed by atoms with Gasteiger partial charge in [0, 0.05) is 43.1 Å². The van der Waals surface area contributed by atoms with Gasteiger partial charge in [-0.2, -0.15) is 23.5 Å². The van der Waals surface area contributed by atoms with E-state index in [1.807, 2.05) is 17.0 Å². The molecule has 2 heterocycles. The van der Waals surface area contributed by atoms with Crippen LogP contribution in [0.1, 0.15) is 34.5 Å². The Morgan fingerprint density at radius 3 is 2.46 bits per heavy atom. The molecule has 0 N–H and O–H groups in total. The molecule has 1 aliphatic heterocycles. The van der Waals surface area contributed by atoms with Gasteiger partial charge in [-0.25, -0.2) is 4.68 Å². The van der Waals surface area contributed by atoms with Crippen LogP contribution in [0.25, 0.3) is 5.69 Å². The van der Waals surface area contributed by atoms with E-state index < -0.39 is 11.7 Å². The molecule has 0 saturated carbocycles. The Labute approximate surface area is 202 Å². The quantitative estimate of drug-likeness (QED) is 0.544. The molecule has 35 heavy (non-hydrogen) atoms. The number of aromatic nitrogens is 2. The number of carbonyl (C=O) groups is 1. The molecule has 0 radical (unpaired) electrons. The van der Waals surface area contributed by atoms with Crippen LogP contribution in [-0.4, -0.2) is 46.8 Å².